The number of nitrogens with zero attached hydrogens (tertiary/aromatic N) is 2. The van der Waals surface area contributed by atoms with Gasteiger partial charge in [0.05, 0.1) is 6.54 Å². The summed E-state index contributed by atoms with van der Waals surface area (Å²) in [6.45, 7) is 4.69. The number of aliphatic imine (C=N–C) groups is 1. The number of carbonyl (C=O) groups excluding carboxylic acids is 1. The predicted octanol–water partition coefficient (Wildman–Crippen LogP) is 1.74. The fourth-order valence-electron chi connectivity index (χ4n) is 3.24. The van der Waals surface area contributed by atoms with Crippen molar-refractivity contribution < 1.29 is 4.79 Å². The minimum atomic E-state index is 0.0911. The standard InChI is InChI=1S/C16H30N4O/c1-13-8-10-20(11-9-13)16(17-2)18-12-15(21)19-14-6-4-3-5-7-14/h13-14H,3-12H2,1-2H3,(H,17,18)(H,19,21). The molecule has 1 saturated heterocycles. The topological polar surface area (TPSA) is 56.7 Å². The van der Waals surface area contributed by atoms with Gasteiger partial charge in [0, 0.05) is 26.2 Å². The van der Waals surface area contributed by atoms with E-state index < -0.39 is 0 Å². The van der Waals surface area contributed by atoms with Gasteiger partial charge < -0.3 is 15.5 Å². The molecule has 0 aromatic carbocycles. The van der Waals surface area contributed by atoms with Crippen molar-refractivity contribution in [3.05, 3.63) is 0 Å². The SMILES string of the molecule is CN=C(NCC(=O)NC1CCCCC1)N1CCC(C)CC1. The van der Waals surface area contributed by atoms with Crippen LogP contribution in [0.15, 0.2) is 4.99 Å². The van der Waals surface area contributed by atoms with E-state index in [0.717, 1.165) is 37.8 Å². The highest BCUT2D eigenvalue weighted by Crippen LogP contribution is 2.17. The average Bonchev–Trinajstić information content (AvgIpc) is 2.50. The molecule has 2 fully saturated rings. The molecule has 120 valence electrons. The summed E-state index contributed by atoms with van der Waals surface area (Å²) in [4.78, 5) is 18.6. The summed E-state index contributed by atoms with van der Waals surface area (Å²) in [5, 5.41) is 6.34. The van der Waals surface area contributed by atoms with Crippen molar-refractivity contribution in [2.75, 3.05) is 26.7 Å². The zero-order valence-electron chi connectivity index (χ0n) is 13.5. The summed E-state index contributed by atoms with van der Waals surface area (Å²) in [6, 6.07) is 0.380. The Balaban J connectivity index is 1.71. The summed E-state index contributed by atoms with van der Waals surface area (Å²) in [7, 11) is 1.79. The molecule has 0 aromatic rings. The third-order valence-electron chi connectivity index (χ3n) is 4.67. The lowest BCUT2D eigenvalue weighted by Crippen LogP contribution is -2.49. The van der Waals surface area contributed by atoms with Gasteiger partial charge in [-0.1, -0.05) is 26.2 Å². The van der Waals surface area contributed by atoms with Crippen LogP contribution in [0.1, 0.15) is 51.9 Å². The highest BCUT2D eigenvalue weighted by atomic mass is 16.2. The second kappa shape index (κ2) is 8.25. The summed E-state index contributed by atoms with van der Waals surface area (Å²) < 4.78 is 0. The largest absolute Gasteiger partial charge is 0.352 e. The minimum absolute atomic E-state index is 0.0911. The van der Waals surface area contributed by atoms with Crippen molar-refractivity contribution in [1.82, 2.24) is 15.5 Å². The molecule has 1 aliphatic carbocycles. The van der Waals surface area contributed by atoms with Crippen LogP contribution in [-0.2, 0) is 4.79 Å². The summed E-state index contributed by atoms with van der Waals surface area (Å²) in [5.74, 6) is 1.75. The smallest absolute Gasteiger partial charge is 0.239 e. The molecule has 2 aliphatic rings. The monoisotopic (exact) mass is 294 g/mol. The van der Waals surface area contributed by atoms with Gasteiger partial charge in [-0.3, -0.25) is 9.79 Å². The second-order valence-corrected chi connectivity index (χ2v) is 6.47. The normalized spacial score (nSPS) is 22.2. The number of nitrogens with one attached hydrogen (secondary N) is 2. The molecule has 0 unspecified atom stereocenters. The first kappa shape index (κ1) is 16.1. The van der Waals surface area contributed by atoms with Crippen molar-refractivity contribution in [3.8, 4) is 0 Å². The van der Waals surface area contributed by atoms with Crippen molar-refractivity contribution in [1.29, 1.82) is 0 Å². The molecule has 0 radical (unpaired) electrons. The fourth-order valence-corrected chi connectivity index (χ4v) is 3.24. The average molecular weight is 294 g/mol. The molecule has 21 heavy (non-hydrogen) atoms. The fraction of sp³-hybridized carbons (Fsp3) is 0.875. The summed E-state index contributed by atoms with van der Waals surface area (Å²) >= 11 is 0. The molecule has 5 heteroatoms. The molecule has 1 amide bonds. The van der Waals surface area contributed by atoms with Gasteiger partial charge in [-0.2, -0.15) is 0 Å². The van der Waals surface area contributed by atoms with Crippen LogP contribution in [0.4, 0.5) is 0 Å². The summed E-state index contributed by atoms with van der Waals surface area (Å²) in [6.07, 6.45) is 8.46. The third kappa shape index (κ3) is 5.21. The van der Waals surface area contributed by atoms with Crippen LogP contribution < -0.4 is 10.6 Å². The molecule has 0 spiro atoms. The van der Waals surface area contributed by atoms with Crippen LogP contribution in [0.2, 0.25) is 0 Å². The molecule has 0 bridgehead atoms. The number of piperidine rings is 1. The van der Waals surface area contributed by atoms with Crippen molar-refractivity contribution in [2.45, 2.75) is 57.9 Å². The lowest BCUT2D eigenvalue weighted by molar-refractivity contribution is -0.120. The number of hydrogen-bond donors (Lipinski definition) is 2. The van der Waals surface area contributed by atoms with Gasteiger partial charge in [0.2, 0.25) is 5.91 Å². The van der Waals surface area contributed by atoms with Crippen LogP contribution in [0, 0.1) is 5.92 Å². The molecule has 0 aromatic heterocycles. The lowest BCUT2D eigenvalue weighted by atomic mass is 9.95. The van der Waals surface area contributed by atoms with Gasteiger partial charge in [-0.05, 0) is 31.6 Å². The van der Waals surface area contributed by atoms with E-state index in [1.165, 1.54) is 32.1 Å². The van der Waals surface area contributed by atoms with E-state index in [0.29, 0.717) is 12.6 Å². The van der Waals surface area contributed by atoms with Gasteiger partial charge in [0.25, 0.3) is 0 Å². The van der Waals surface area contributed by atoms with Gasteiger partial charge in [0.1, 0.15) is 0 Å². The Kier molecular flexibility index (Phi) is 6.33. The van der Waals surface area contributed by atoms with Gasteiger partial charge in [-0.15, -0.1) is 0 Å². The van der Waals surface area contributed by atoms with E-state index in [1.54, 1.807) is 7.05 Å². The number of carbonyl (C=O) groups is 1. The Labute approximate surface area is 128 Å². The molecule has 2 rings (SSSR count). The van der Waals surface area contributed by atoms with Crippen LogP contribution >= 0.6 is 0 Å². The maximum atomic E-state index is 12.0. The Morgan fingerprint density at radius 1 is 1.14 bits per heavy atom. The predicted molar refractivity (Wildman–Crippen MR) is 86.3 cm³/mol. The number of hydrogen-bond acceptors (Lipinski definition) is 2. The van der Waals surface area contributed by atoms with Gasteiger partial charge in [-0.25, -0.2) is 0 Å². The number of likely N-dealkylation sites (tertiary alicyclic amines) is 1. The van der Waals surface area contributed by atoms with E-state index >= 15 is 0 Å². The Morgan fingerprint density at radius 2 is 1.81 bits per heavy atom. The van der Waals surface area contributed by atoms with Crippen molar-refractivity contribution >= 4 is 11.9 Å². The second-order valence-electron chi connectivity index (χ2n) is 6.47. The number of rotatable bonds is 3. The molecular weight excluding hydrogens is 264 g/mol. The van der Waals surface area contributed by atoms with E-state index in [9.17, 15) is 4.79 Å². The van der Waals surface area contributed by atoms with E-state index in [1.807, 2.05) is 0 Å². The van der Waals surface area contributed by atoms with Crippen molar-refractivity contribution in [3.63, 3.8) is 0 Å². The third-order valence-corrected chi connectivity index (χ3v) is 4.67. The van der Waals surface area contributed by atoms with E-state index in [-0.39, 0.29) is 5.91 Å². The first-order chi connectivity index (χ1) is 10.2. The van der Waals surface area contributed by atoms with Gasteiger partial charge >= 0.3 is 0 Å². The van der Waals surface area contributed by atoms with E-state index in [4.69, 9.17) is 0 Å². The molecule has 0 atom stereocenters. The van der Waals surface area contributed by atoms with Crippen LogP contribution in [0.3, 0.4) is 0 Å². The zero-order chi connectivity index (χ0) is 15.1. The van der Waals surface area contributed by atoms with Gasteiger partial charge in [0.15, 0.2) is 5.96 Å². The zero-order valence-corrected chi connectivity index (χ0v) is 13.5. The Morgan fingerprint density at radius 3 is 2.43 bits per heavy atom. The van der Waals surface area contributed by atoms with Crippen LogP contribution in [0.5, 0.6) is 0 Å². The highest BCUT2D eigenvalue weighted by molar-refractivity contribution is 5.86. The molecule has 1 heterocycles. The Bertz CT molecular complexity index is 355. The lowest BCUT2D eigenvalue weighted by Gasteiger charge is -2.33. The maximum Gasteiger partial charge on any atom is 0.239 e. The highest BCUT2D eigenvalue weighted by Gasteiger charge is 2.20. The van der Waals surface area contributed by atoms with Crippen LogP contribution in [-0.4, -0.2) is 49.5 Å². The minimum Gasteiger partial charge on any atom is -0.352 e. The molecule has 1 saturated carbocycles. The van der Waals surface area contributed by atoms with Crippen LogP contribution in [0.25, 0.3) is 0 Å². The first-order valence-electron chi connectivity index (χ1n) is 8.44. The molecule has 2 N–H and O–H groups in total. The summed E-state index contributed by atoms with van der Waals surface area (Å²) in [5.41, 5.74) is 0. The van der Waals surface area contributed by atoms with E-state index in [2.05, 4.69) is 27.4 Å². The molecular formula is C16H30N4O. The maximum absolute atomic E-state index is 12.0. The first-order valence-corrected chi connectivity index (χ1v) is 8.44. The molecule has 5 nitrogen and oxygen atoms in total. The number of amides is 1. The number of guanidine groups is 1. The molecule has 1 aliphatic heterocycles. The van der Waals surface area contributed by atoms with Crippen molar-refractivity contribution in [2.24, 2.45) is 10.9 Å². The quantitative estimate of drug-likeness (QED) is 0.616. The Hall–Kier alpha value is -1.26.